The Hall–Kier alpha value is -1.97. The molecule has 0 unspecified atom stereocenters. The van der Waals surface area contributed by atoms with Crippen LogP contribution in [0.1, 0.15) is 25.7 Å². The zero-order valence-electron chi connectivity index (χ0n) is 10.1. The van der Waals surface area contributed by atoms with Crippen LogP contribution in [0.5, 0.6) is 11.5 Å². The molecule has 4 heteroatoms. The van der Waals surface area contributed by atoms with Gasteiger partial charge in [-0.1, -0.05) is 12.1 Å². The van der Waals surface area contributed by atoms with E-state index in [0.29, 0.717) is 11.8 Å². The number of hydrogen-bond donors (Lipinski definition) is 1. The van der Waals surface area contributed by atoms with Crippen LogP contribution in [-0.4, -0.2) is 21.0 Å². The molecular weight excluding hydrogens is 228 g/mol. The highest BCUT2D eigenvalue weighted by atomic mass is 16.5. The molecule has 1 heterocycles. The first-order chi connectivity index (χ1) is 8.83. The van der Waals surface area contributed by atoms with Crippen molar-refractivity contribution in [2.75, 3.05) is 0 Å². The van der Waals surface area contributed by atoms with E-state index in [1.807, 2.05) is 18.3 Å². The molecule has 0 saturated heterocycles. The molecule has 1 aromatic heterocycles. The van der Waals surface area contributed by atoms with Crippen molar-refractivity contribution >= 4 is 0 Å². The van der Waals surface area contributed by atoms with Crippen LogP contribution >= 0.6 is 0 Å². The van der Waals surface area contributed by atoms with Crippen LogP contribution in [-0.2, 0) is 0 Å². The fourth-order valence-corrected chi connectivity index (χ4v) is 2.36. The van der Waals surface area contributed by atoms with Gasteiger partial charge in [0.2, 0.25) is 0 Å². The fraction of sp³-hybridized carbons (Fsp3) is 0.357. The number of aromatic hydroxyl groups is 1. The van der Waals surface area contributed by atoms with Crippen LogP contribution in [0.4, 0.5) is 0 Å². The average Bonchev–Trinajstić information content (AvgIpc) is 3.02. The molecule has 4 nitrogen and oxygen atoms in total. The second kappa shape index (κ2) is 4.72. The van der Waals surface area contributed by atoms with E-state index in [1.54, 1.807) is 23.0 Å². The summed E-state index contributed by atoms with van der Waals surface area (Å²) in [6.07, 6.45) is 8.59. The van der Waals surface area contributed by atoms with Crippen LogP contribution in [0.15, 0.2) is 36.7 Å². The second-order valence-corrected chi connectivity index (χ2v) is 4.63. The van der Waals surface area contributed by atoms with Gasteiger partial charge in [-0.2, -0.15) is 5.10 Å². The van der Waals surface area contributed by atoms with Gasteiger partial charge in [-0.3, -0.25) is 0 Å². The number of nitrogens with zero attached hydrogens (tertiary/aromatic N) is 2. The second-order valence-electron chi connectivity index (χ2n) is 4.63. The lowest BCUT2D eigenvalue weighted by atomic mass is 10.3. The van der Waals surface area contributed by atoms with Gasteiger partial charge in [0.05, 0.1) is 18.5 Å². The SMILES string of the molecule is Oc1ccccc1-n1cc(OC2CCCC2)cn1. The molecule has 2 aromatic rings. The highest BCUT2D eigenvalue weighted by Gasteiger charge is 2.17. The molecule has 1 fully saturated rings. The minimum Gasteiger partial charge on any atom is -0.506 e. The Morgan fingerprint density at radius 2 is 2.00 bits per heavy atom. The molecule has 0 radical (unpaired) electrons. The van der Waals surface area contributed by atoms with Crippen molar-refractivity contribution in [3.63, 3.8) is 0 Å². The van der Waals surface area contributed by atoms with Crippen LogP contribution in [0.25, 0.3) is 5.69 Å². The summed E-state index contributed by atoms with van der Waals surface area (Å²) in [5, 5.41) is 14.0. The van der Waals surface area contributed by atoms with E-state index in [0.717, 1.165) is 18.6 Å². The third kappa shape index (κ3) is 2.18. The predicted octanol–water partition coefficient (Wildman–Crippen LogP) is 2.90. The molecule has 0 atom stereocenters. The van der Waals surface area contributed by atoms with E-state index in [4.69, 9.17) is 4.74 Å². The minimum atomic E-state index is 0.216. The van der Waals surface area contributed by atoms with Crippen LogP contribution in [0, 0.1) is 0 Å². The highest BCUT2D eigenvalue weighted by molar-refractivity contribution is 5.45. The van der Waals surface area contributed by atoms with E-state index in [-0.39, 0.29) is 5.75 Å². The fourth-order valence-electron chi connectivity index (χ4n) is 2.36. The summed E-state index contributed by atoms with van der Waals surface area (Å²) in [7, 11) is 0. The highest BCUT2D eigenvalue weighted by Crippen LogP contribution is 2.26. The summed E-state index contributed by atoms with van der Waals surface area (Å²) in [5.41, 5.74) is 0.666. The number of aromatic nitrogens is 2. The van der Waals surface area contributed by atoms with Crippen LogP contribution in [0.2, 0.25) is 0 Å². The van der Waals surface area contributed by atoms with Crippen molar-refractivity contribution in [2.45, 2.75) is 31.8 Å². The van der Waals surface area contributed by atoms with Gasteiger partial charge in [0.25, 0.3) is 0 Å². The number of phenolic OH excluding ortho intramolecular Hbond substituents is 1. The first kappa shape index (κ1) is 11.1. The lowest BCUT2D eigenvalue weighted by molar-refractivity contribution is 0.210. The van der Waals surface area contributed by atoms with Gasteiger partial charge >= 0.3 is 0 Å². The zero-order valence-corrected chi connectivity index (χ0v) is 10.1. The smallest absolute Gasteiger partial charge is 0.158 e. The van der Waals surface area contributed by atoms with E-state index < -0.39 is 0 Å². The molecule has 0 spiro atoms. The Labute approximate surface area is 106 Å². The van der Waals surface area contributed by atoms with Gasteiger partial charge in [-0.25, -0.2) is 4.68 Å². The number of rotatable bonds is 3. The number of phenols is 1. The third-order valence-corrected chi connectivity index (χ3v) is 3.29. The van der Waals surface area contributed by atoms with Crippen LogP contribution in [0.3, 0.4) is 0 Å². The number of ether oxygens (including phenoxy) is 1. The normalized spacial score (nSPS) is 16.0. The van der Waals surface area contributed by atoms with Gasteiger partial charge in [-0.15, -0.1) is 0 Å². The maximum atomic E-state index is 9.76. The maximum absolute atomic E-state index is 9.76. The van der Waals surface area contributed by atoms with Gasteiger partial charge in [0, 0.05) is 0 Å². The number of benzene rings is 1. The molecule has 0 aliphatic heterocycles. The van der Waals surface area contributed by atoms with Crippen LogP contribution < -0.4 is 4.74 Å². The van der Waals surface area contributed by atoms with Crippen molar-refractivity contribution < 1.29 is 9.84 Å². The third-order valence-electron chi connectivity index (χ3n) is 3.29. The van der Waals surface area contributed by atoms with Crippen molar-refractivity contribution in [1.29, 1.82) is 0 Å². The molecule has 3 rings (SSSR count). The summed E-state index contributed by atoms with van der Waals surface area (Å²) >= 11 is 0. The standard InChI is InChI=1S/C14H16N2O2/c17-14-8-4-3-7-13(14)16-10-12(9-15-16)18-11-5-1-2-6-11/h3-4,7-11,17H,1-2,5-6H2. The first-order valence-electron chi connectivity index (χ1n) is 6.32. The molecule has 0 bridgehead atoms. The van der Waals surface area contributed by atoms with E-state index in [1.165, 1.54) is 12.8 Å². The molecule has 94 valence electrons. The molecular formula is C14H16N2O2. The Kier molecular flexibility index (Phi) is 2.92. The largest absolute Gasteiger partial charge is 0.506 e. The van der Waals surface area contributed by atoms with Crippen molar-refractivity contribution in [1.82, 2.24) is 9.78 Å². The Morgan fingerprint density at radius 3 is 2.78 bits per heavy atom. The summed E-state index contributed by atoms with van der Waals surface area (Å²) < 4.78 is 7.49. The summed E-state index contributed by atoms with van der Waals surface area (Å²) in [5.74, 6) is 0.984. The molecule has 1 aliphatic carbocycles. The molecule has 1 aliphatic rings. The zero-order chi connectivity index (χ0) is 12.4. The molecule has 1 aromatic carbocycles. The van der Waals surface area contributed by atoms with Gasteiger partial charge in [-0.05, 0) is 37.8 Å². The molecule has 0 amide bonds. The lowest BCUT2D eigenvalue weighted by Crippen LogP contribution is -2.10. The quantitative estimate of drug-likeness (QED) is 0.903. The van der Waals surface area contributed by atoms with E-state index >= 15 is 0 Å². The first-order valence-corrected chi connectivity index (χ1v) is 6.32. The summed E-state index contributed by atoms with van der Waals surface area (Å²) in [6, 6.07) is 7.13. The predicted molar refractivity (Wildman–Crippen MR) is 68.1 cm³/mol. The van der Waals surface area contributed by atoms with Crippen molar-refractivity contribution in [2.24, 2.45) is 0 Å². The number of para-hydroxylation sites is 2. The minimum absolute atomic E-state index is 0.216. The Balaban J connectivity index is 1.79. The average molecular weight is 244 g/mol. The van der Waals surface area contributed by atoms with Crippen molar-refractivity contribution in [3.05, 3.63) is 36.7 Å². The Morgan fingerprint density at radius 1 is 1.22 bits per heavy atom. The summed E-state index contributed by atoms with van der Waals surface area (Å²) in [6.45, 7) is 0. The maximum Gasteiger partial charge on any atom is 0.158 e. The van der Waals surface area contributed by atoms with E-state index in [9.17, 15) is 5.11 Å². The molecule has 18 heavy (non-hydrogen) atoms. The van der Waals surface area contributed by atoms with E-state index in [2.05, 4.69) is 5.10 Å². The number of hydrogen-bond acceptors (Lipinski definition) is 3. The van der Waals surface area contributed by atoms with Crippen molar-refractivity contribution in [3.8, 4) is 17.2 Å². The van der Waals surface area contributed by atoms with Gasteiger partial charge in [0.15, 0.2) is 5.75 Å². The van der Waals surface area contributed by atoms with Gasteiger partial charge in [0.1, 0.15) is 11.4 Å². The molecule has 1 saturated carbocycles. The Bertz CT molecular complexity index is 530. The monoisotopic (exact) mass is 244 g/mol. The topological polar surface area (TPSA) is 47.3 Å². The lowest BCUT2D eigenvalue weighted by Gasteiger charge is -2.10. The van der Waals surface area contributed by atoms with Gasteiger partial charge < -0.3 is 9.84 Å². The molecule has 1 N–H and O–H groups in total. The summed E-state index contributed by atoms with van der Waals surface area (Å²) in [4.78, 5) is 0.